The highest BCUT2D eigenvalue weighted by molar-refractivity contribution is 6.43. The van der Waals surface area contributed by atoms with Crippen LogP contribution < -0.4 is 0 Å². The van der Waals surface area contributed by atoms with Crippen LogP contribution in [0, 0.1) is 5.92 Å². The van der Waals surface area contributed by atoms with Gasteiger partial charge < -0.3 is 14.4 Å². The Morgan fingerprint density at radius 2 is 1.87 bits per heavy atom. The molecule has 0 amide bonds. The lowest BCUT2D eigenvalue weighted by Gasteiger charge is -2.09. The second-order valence-electron chi connectivity index (χ2n) is 6.81. The minimum atomic E-state index is -0.592. The number of hydrogen-bond donors (Lipinski definition) is 0. The van der Waals surface area contributed by atoms with Gasteiger partial charge in [-0.15, -0.1) is 0 Å². The molecule has 0 radical (unpaired) electrons. The number of nitrogens with zero attached hydrogens (tertiary/aromatic N) is 2. The van der Waals surface area contributed by atoms with Gasteiger partial charge in [0.2, 0.25) is 0 Å². The van der Waals surface area contributed by atoms with Crippen molar-refractivity contribution in [2.75, 3.05) is 14.2 Å². The minimum absolute atomic E-state index is 0.0700. The fourth-order valence-corrected chi connectivity index (χ4v) is 4.00. The molecule has 1 fully saturated rings. The fraction of sp³-hybridized carbons (Fsp3) is 0.318. The van der Waals surface area contributed by atoms with Gasteiger partial charge in [0.05, 0.1) is 7.11 Å². The van der Waals surface area contributed by atoms with Crippen LogP contribution in [0.25, 0.3) is 0 Å². The molecule has 8 heteroatoms. The molecule has 1 aliphatic rings. The second-order valence-corrected chi connectivity index (χ2v) is 7.62. The first-order valence-electron chi connectivity index (χ1n) is 9.42. The number of halogens is 2. The van der Waals surface area contributed by atoms with E-state index in [-0.39, 0.29) is 12.3 Å². The Balaban J connectivity index is 1.56. The summed E-state index contributed by atoms with van der Waals surface area (Å²) in [6.45, 7) is 0.177. The van der Waals surface area contributed by atoms with E-state index in [0.717, 1.165) is 24.0 Å². The van der Waals surface area contributed by atoms with Crippen LogP contribution in [0.1, 0.15) is 35.4 Å². The van der Waals surface area contributed by atoms with E-state index in [1.54, 1.807) is 18.3 Å². The summed E-state index contributed by atoms with van der Waals surface area (Å²) in [5.41, 5.74) is 2.39. The van der Waals surface area contributed by atoms with Crippen LogP contribution in [-0.4, -0.2) is 32.1 Å². The van der Waals surface area contributed by atoms with Crippen LogP contribution in [0.3, 0.4) is 0 Å². The lowest BCUT2D eigenvalue weighted by atomic mass is 10.0. The number of esters is 1. The molecule has 0 bridgehead atoms. The third-order valence-electron chi connectivity index (χ3n) is 4.90. The highest BCUT2D eigenvalue weighted by atomic mass is 35.5. The number of benzene rings is 2. The first-order chi connectivity index (χ1) is 14.6. The third-order valence-corrected chi connectivity index (χ3v) is 5.56. The Hall–Kier alpha value is -2.57. The summed E-state index contributed by atoms with van der Waals surface area (Å²) in [7, 11) is 2.66. The van der Waals surface area contributed by atoms with Gasteiger partial charge in [0.1, 0.15) is 13.7 Å². The van der Waals surface area contributed by atoms with Gasteiger partial charge in [-0.05, 0) is 42.4 Å². The van der Waals surface area contributed by atoms with Crippen molar-refractivity contribution in [2.24, 2.45) is 16.2 Å². The molecule has 0 heterocycles. The van der Waals surface area contributed by atoms with Crippen molar-refractivity contribution in [2.45, 2.75) is 25.4 Å². The van der Waals surface area contributed by atoms with E-state index in [1.807, 2.05) is 30.3 Å². The van der Waals surface area contributed by atoms with Gasteiger partial charge in [-0.3, -0.25) is 0 Å². The van der Waals surface area contributed by atoms with E-state index >= 15 is 0 Å². The molecule has 0 aromatic heterocycles. The molecule has 0 spiro atoms. The molecule has 0 saturated heterocycles. The Bertz CT molecular complexity index is 942. The van der Waals surface area contributed by atoms with Crippen molar-refractivity contribution in [1.82, 2.24) is 0 Å². The second kappa shape index (κ2) is 10.5. The summed E-state index contributed by atoms with van der Waals surface area (Å²) < 4.78 is 4.77. The molecule has 0 aliphatic heterocycles. The van der Waals surface area contributed by atoms with Crippen LogP contribution in [0.2, 0.25) is 10.0 Å². The van der Waals surface area contributed by atoms with Crippen LogP contribution in [0.4, 0.5) is 0 Å². The number of carbonyl (C=O) groups is 1. The number of oxime groups is 2. The fourth-order valence-electron chi connectivity index (χ4n) is 3.33. The predicted molar refractivity (Wildman–Crippen MR) is 117 cm³/mol. The first-order valence-corrected chi connectivity index (χ1v) is 10.2. The van der Waals surface area contributed by atoms with E-state index in [2.05, 4.69) is 10.3 Å². The van der Waals surface area contributed by atoms with Crippen molar-refractivity contribution < 1.29 is 19.2 Å². The maximum atomic E-state index is 12.0. The molecule has 2 atom stereocenters. The standard InChI is InChI=1S/C22H22Cl2N2O4/c1-28-22(27)21(26-29-2)16-7-4-3-6-15(16)13-30-25-11-10-14-12-17(14)20-18(23)8-5-9-19(20)24/h3-9,11,14,17H,10,12-13H2,1-2H3/t14-,17-/m1/s1. The number of carbonyl (C=O) groups excluding carboxylic acids is 1. The maximum absolute atomic E-state index is 12.0. The zero-order chi connectivity index (χ0) is 21.5. The minimum Gasteiger partial charge on any atom is -0.464 e. The van der Waals surface area contributed by atoms with Gasteiger partial charge in [-0.2, -0.15) is 0 Å². The van der Waals surface area contributed by atoms with Crippen LogP contribution in [0.5, 0.6) is 0 Å². The lowest BCUT2D eigenvalue weighted by Crippen LogP contribution is -2.19. The number of hydrogen-bond acceptors (Lipinski definition) is 6. The molecule has 1 saturated carbocycles. The van der Waals surface area contributed by atoms with E-state index in [4.69, 9.17) is 37.6 Å². The van der Waals surface area contributed by atoms with Crippen LogP contribution in [0.15, 0.2) is 52.8 Å². The highest BCUT2D eigenvalue weighted by Gasteiger charge is 2.39. The number of rotatable bonds is 9. The zero-order valence-electron chi connectivity index (χ0n) is 16.7. The molecule has 1 aliphatic carbocycles. The lowest BCUT2D eigenvalue weighted by molar-refractivity contribution is -0.132. The zero-order valence-corrected chi connectivity index (χ0v) is 18.2. The van der Waals surface area contributed by atoms with Gasteiger partial charge in [-0.1, -0.05) is 63.8 Å². The van der Waals surface area contributed by atoms with Crippen molar-refractivity contribution in [1.29, 1.82) is 0 Å². The van der Waals surface area contributed by atoms with E-state index in [9.17, 15) is 4.79 Å². The Morgan fingerprint density at radius 3 is 2.57 bits per heavy atom. The Labute approximate surface area is 185 Å². The molecule has 3 rings (SSSR count). The molecule has 0 unspecified atom stereocenters. The van der Waals surface area contributed by atoms with E-state index in [0.29, 0.717) is 27.4 Å². The topological polar surface area (TPSA) is 69.5 Å². The van der Waals surface area contributed by atoms with Gasteiger partial charge in [-0.25, -0.2) is 4.79 Å². The number of ether oxygens (including phenoxy) is 1. The van der Waals surface area contributed by atoms with Crippen molar-refractivity contribution in [3.63, 3.8) is 0 Å². The molecule has 30 heavy (non-hydrogen) atoms. The van der Waals surface area contributed by atoms with Crippen molar-refractivity contribution in [3.8, 4) is 0 Å². The van der Waals surface area contributed by atoms with E-state index < -0.39 is 5.97 Å². The Kier molecular flexibility index (Phi) is 7.71. The van der Waals surface area contributed by atoms with E-state index in [1.165, 1.54) is 14.2 Å². The average molecular weight is 449 g/mol. The molecular formula is C22H22Cl2N2O4. The summed E-state index contributed by atoms with van der Waals surface area (Å²) in [6, 6.07) is 12.8. The average Bonchev–Trinajstić information content (AvgIpc) is 3.50. The first kappa shape index (κ1) is 22.1. The number of methoxy groups -OCH3 is 1. The predicted octanol–water partition coefficient (Wildman–Crippen LogP) is 5.21. The summed E-state index contributed by atoms with van der Waals surface area (Å²) >= 11 is 12.6. The van der Waals surface area contributed by atoms with Crippen LogP contribution >= 0.6 is 23.2 Å². The highest BCUT2D eigenvalue weighted by Crippen LogP contribution is 2.53. The summed E-state index contributed by atoms with van der Waals surface area (Å²) in [5, 5.41) is 9.25. The van der Waals surface area contributed by atoms with Crippen molar-refractivity contribution in [3.05, 3.63) is 69.2 Å². The van der Waals surface area contributed by atoms with Gasteiger partial charge in [0, 0.05) is 27.4 Å². The molecule has 2 aromatic rings. The van der Waals surface area contributed by atoms with Gasteiger partial charge >= 0.3 is 5.97 Å². The summed E-state index contributed by atoms with van der Waals surface area (Å²) in [6.07, 6.45) is 3.54. The molecule has 2 aromatic carbocycles. The normalized spacial score (nSPS) is 18.3. The molecule has 158 valence electrons. The van der Waals surface area contributed by atoms with Gasteiger partial charge in [0.15, 0.2) is 5.71 Å². The van der Waals surface area contributed by atoms with Gasteiger partial charge in [0.25, 0.3) is 0 Å². The van der Waals surface area contributed by atoms with Crippen LogP contribution in [-0.2, 0) is 25.8 Å². The largest absolute Gasteiger partial charge is 0.464 e. The monoisotopic (exact) mass is 448 g/mol. The SMILES string of the molecule is CON=C(C(=O)OC)c1ccccc1CON=CC[C@@H]1C[C@H]1c1c(Cl)cccc1Cl. The quantitative estimate of drug-likeness (QED) is 0.299. The maximum Gasteiger partial charge on any atom is 0.360 e. The summed E-state index contributed by atoms with van der Waals surface area (Å²) in [4.78, 5) is 22.2. The molecule has 6 nitrogen and oxygen atoms in total. The Morgan fingerprint density at radius 1 is 1.13 bits per heavy atom. The summed E-state index contributed by atoms with van der Waals surface area (Å²) in [5.74, 6) is 0.207. The smallest absolute Gasteiger partial charge is 0.360 e. The molecular weight excluding hydrogens is 427 g/mol. The molecule has 0 N–H and O–H groups in total. The van der Waals surface area contributed by atoms with Crippen molar-refractivity contribution >= 4 is 41.1 Å². The third kappa shape index (κ3) is 5.32.